The van der Waals surface area contributed by atoms with Crippen LogP contribution in [-0.4, -0.2) is 12.6 Å². The van der Waals surface area contributed by atoms with Crippen molar-refractivity contribution in [3.8, 4) is 0 Å². The Morgan fingerprint density at radius 3 is 2.61 bits per heavy atom. The molecule has 0 amide bonds. The third-order valence-electron chi connectivity index (χ3n) is 4.28. The fourth-order valence-corrected chi connectivity index (χ4v) is 3.07. The molecule has 0 saturated heterocycles. The van der Waals surface area contributed by atoms with Gasteiger partial charge < -0.3 is 5.32 Å². The standard InChI is InChI=1S/C15H19F2N/c16-14-7-4-10(8-15(14)17)13-3-1-2-11(13)9-18-12-5-6-12/h4,7-8,11-13,18H,1-3,5-6,9H2. The summed E-state index contributed by atoms with van der Waals surface area (Å²) in [6, 6.07) is 5.11. The van der Waals surface area contributed by atoms with E-state index in [1.54, 1.807) is 6.07 Å². The van der Waals surface area contributed by atoms with E-state index in [2.05, 4.69) is 5.32 Å². The number of halogens is 2. The summed E-state index contributed by atoms with van der Waals surface area (Å²) >= 11 is 0. The Labute approximate surface area is 107 Å². The van der Waals surface area contributed by atoms with Gasteiger partial charge in [-0.2, -0.15) is 0 Å². The van der Waals surface area contributed by atoms with Crippen molar-refractivity contribution in [2.45, 2.75) is 44.1 Å². The second kappa shape index (κ2) is 4.96. The predicted octanol–water partition coefficient (Wildman–Crippen LogP) is 3.60. The van der Waals surface area contributed by atoms with Gasteiger partial charge in [-0.25, -0.2) is 8.78 Å². The first-order valence-corrected chi connectivity index (χ1v) is 6.92. The lowest BCUT2D eigenvalue weighted by Gasteiger charge is -2.20. The molecular formula is C15H19F2N. The minimum Gasteiger partial charge on any atom is -0.314 e. The molecule has 2 unspecified atom stereocenters. The van der Waals surface area contributed by atoms with Crippen LogP contribution in [0.2, 0.25) is 0 Å². The van der Waals surface area contributed by atoms with Crippen LogP contribution in [0.25, 0.3) is 0 Å². The van der Waals surface area contributed by atoms with Crippen LogP contribution in [0, 0.1) is 17.6 Å². The van der Waals surface area contributed by atoms with Crippen molar-refractivity contribution < 1.29 is 8.78 Å². The monoisotopic (exact) mass is 251 g/mol. The van der Waals surface area contributed by atoms with Crippen molar-refractivity contribution in [1.29, 1.82) is 0 Å². The third-order valence-corrected chi connectivity index (χ3v) is 4.28. The molecule has 1 aromatic carbocycles. The van der Waals surface area contributed by atoms with Gasteiger partial charge in [0, 0.05) is 6.04 Å². The number of hydrogen-bond donors (Lipinski definition) is 1. The molecule has 3 heteroatoms. The molecule has 0 heterocycles. The second-order valence-corrected chi connectivity index (χ2v) is 5.65. The summed E-state index contributed by atoms with van der Waals surface area (Å²) in [7, 11) is 0. The van der Waals surface area contributed by atoms with E-state index in [1.807, 2.05) is 0 Å². The first-order chi connectivity index (χ1) is 8.74. The van der Waals surface area contributed by atoms with E-state index in [-0.39, 0.29) is 0 Å². The summed E-state index contributed by atoms with van der Waals surface area (Å²) < 4.78 is 26.3. The van der Waals surface area contributed by atoms with Gasteiger partial charge in [-0.05, 0) is 61.8 Å². The lowest BCUT2D eigenvalue weighted by Crippen LogP contribution is -2.26. The van der Waals surface area contributed by atoms with Gasteiger partial charge in [0.25, 0.3) is 0 Å². The first-order valence-electron chi connectivity index (χ1n) is 6.92. The van der Waals surface area contributed by atoms with Gasteiger partial charge in [-0.1, -0.05) is 12.5 Å². The van der Waals surface area contributed by atoms with Crippen LogP contribution in [0.15, 0.2) is 18.2 Å². The van der Waals surface area contributed by atoms with Crippen molar-refractivity contribution in [2.75, 3.05) is 6.54 Å². The molecular weight excluding hydrogens is 232 g/mol. The number of nitrogens with one attached hydrogen (secondary N) is 1. The molecule has 0 bridgehead atoms. The Bertz CT molecular complexity index is 429. The molecule has 0 aliphatic heterocycles. The zero-order valence-corrected chi connectivity index (χ0v) is 10.5. The smallest absolute Gasteiger partial charge is 0.159 e. The SMILES string of the molecule is Fc1ccc(C2CCCC2CNC2CC2)cc1F. The molecule has 2 aliphatic rings. The van der Waals surface area contributed by atoms with Gasteiger partial charge in [-0.15, -0.1) is 0 Å². The average Bonchev–Trinajstić information content (AvgIpc) is 3.08. The Morgan fingerprint density at radius 1 is 1.06 bits per heavy atom. The molecule has 2 aliphatic carbocycles. The van der Waals surface area contributed by atoms with Crippen LogP contribution < -0.4 is 5.32 Å². The van der Waals surface area contributed by atoms with Gasteiger partial charge >= 0.3 is 0 Å². The number of benzene rings is 1. The number of hydrogen-bond acceptors (Lipinski definition) is 1. The average molecular weight is 251 g/mol. The second-order valence-electron chi connectivity index (χ2n) is 5.65. The van der Waals surface area contributed by atoms with Gasteiger partial charge in [0.1, 0.15) is 0 Å². The Kier molecular flexibility index (Phi) is 3.33. The summed E-state index contributed by atoms with van der Waals surface area (Å²) in [6.45, 7) is 1.02. The molecule has 1 aromatic rings. The summed E-state index contributed by atoms with van der Waals surface area (Å²) in [6.07, 6.45) is 6.08. The van der Waals surface area contributed by atoms with Crippen LogP contribution in [0.4, 0.5) is 8.78 Å². The highest BCUT2D eigenvalue weighted by atomic mass is 19.2. The van der Waals surface area contributed by atoms with Gasteiger partial charge in [0.2, 0.25) is 0 Å². The van der Waals surface area contributed by atoms with Crippen molar-refractivity contribution in [3.63, 3.8) is 0 Å². The Hall–Kier alpha value is -0.960. The van der Waals surface area contributed by atoms with Crippen molar-refractivity contribution in [3.05, 3.63) is 35.4 Å². The molecule has 98 valence electrons. The largest absolute Gasteiger partial charge is 0.314 e. The predicted molar refractivity (Wildman–Crippen MR) is 67.5 cm³/mol. The van der Waals surface area contributed by atoms with Gasteiger partial charge in [0.05, 0.1) is 0 Å². The fourth-order valence-electron chi connectivity index (χ4n) is 3.07. The fraction of sp³-hybridized carbons (Fsp3) is 0.600. The molecule has 1 nitrogen and oxygen atoms in total. The highest BCUT2D eigenvalue weighted by molar-refractivity contribution is 5.23. The Morgan fingerprint density at radius 2 is 1.89 bits per heavy atom. The molecule has 2 saturated carbocycles. The van der Waals surface area contributed by atoms with Gasteiger partial charge in [0.15, 0.2) is 11.6 Å². The molecule has 18 heavy (non-hydrogen) atoms. The topological polar surface area (TPSA) is 12.0 Å². The van der Waals surface area contributed by atoms with Crippen LogP contribution in [0.1, 0.15) is 43.6 Å². The van der Waals surface area contributed by atoms with Crippen molar-refractivity contribution in [1.82, 2.24) is 5.32 Å². The third kappa shape index (κ3) is 2.56. The molecule has 0 aromatic heterocycles. The Balaban J connectivity index is 1.70. The highest BCUT2D eigenvalue weighted by Crippen LogP contribution is 2.40. The van der Waals surface area contributed by atoms with Crippen LogP contribution in [0.3, 0.4) is 0 Å². The summed E-state index contributed by atoms with van der Waals surface area (Å²) in [5.41, 5.74) is 0.967. The zero-order chi connectivity index (χ0) is 12.5. The summed E-state index contributed by atoms with van der Waals surface area (Å²) in [5.74, 6) is -0.487. The van der Waals surface area contributed by atoms with Crippen molar-refractivity contribution in [2.24, 2.45) is 5.92 Å². The lowest BCUT2D eigenvalue weighted by atomic mass is 9.88. The maximum atomic E-state index is 13.3. The normalized spacial score (nSPS) is 27.7. The maximum Gasteiger partial charge on any atom is 0.159 e. The van der Waals surface area contributed by atoms with E-state index in [0.717, 1.165) is 24.6 Å². The molecule has 0 radical (unpaired) electrons. The van der Waals surface area contributed by atoms with E-state index >= 15 is 0 Å². The minimum atomic E-state index is -0.746. The molecule has 0 spiro atoms. The molecule has 2 fully saturated rings. The van der Waals surface area contributed by atoms with Crippen LogP contribution in [0.5, 0.6) is 0 Å². The number of rotatable bonds is 4. The quantitative estimate of drug-likeness (QED) is 0.862. The van der Waals surface area contributed by atoms with Gasteiger partial charge in [-0.3, -0.25) is 0 Å². The van der Waals surface area contributed by atoms with Crippen LogP contribution >= 0.6 is 0 Å². The minimum absolute atomic E-state index is 0.395. The molecule has 2 atom stereocenters. The van der Waals surface area contributed by atoms with E-state index in [4.69, 9.17) is 0 Å². The van der Waals surface area contributed by atoms with E-state index in [0.29, 0.717) is 11.8 Å². The maximum absolute atomic E-state index is 13.3. The van der Waals surface area contributed by atoms with E-state index in [1.165, 1.54) is 37.8 Å². The van der Waals surface area contributed by atoms with E-state index < -0.39 is 11.6 Å². The first kappa shape index (κ1) is 12.1. The van der Waals surface area contributed by atoms with Crippen molar-refractivity contribution >= 4 is 0 Å². The summed E-state index contributed by atoms with van der Waals surface area (Å²) in [5, 5.41) is 3.56. The summed E-state index contributed by atoms with van der Waals surface area (Å²) in [4.78, 5) is 0. The van der Waals surface area contributed by atoms with E-state index in [9.17, 15) is 8.78 Å². The highest BCUT2D eigenvalue weighted by Gasteiger charge is 2.30. The molecule has 3 rings (SSSR count). The lowest BCUT2D eigenvalue weighted by molar-refractivity contribution is 0.438. The zero-order valence-electron chi connectivity index (χ0n) is 10.5. The van der Waals surface area contributed by atoms with Crippen LogP contribution in [-0.2, 0) is 0 Å². The molecule has 1 N–H and O–H groups in total.